The molecule has 0 saturated heterocycles. The van der Waals surface area contributed by atoms with E-state index in [-0.39, 0.29) is 12.2 Å². The van der Waals surface area contributed by atoms with Gasteiger partial charge in [0.15, 0.2) is 11.6 Å². The summed E-state index contributed by atoms with van der Waals surface area (Å²) in [5, 5.41) is 11.1. The smallest absolute Gasteiger partial charge is 0.326 e. The Kier molecular flexibility index (Phi) is 5.75. The molecule has 104 valence electrons. The minimum absolute atomic E-state index is 0.0607. The standard InChI is InChI=1S/C12H13F2NO3S/c1-2-10(12(17)18)15-11(16)6-19-7-3-4-8(13)9(14)5-7/h3-5,10H,2,6H2,1H3,(H,15,16)(H,17,18)/t10-/m0/s1. The number of halogens is 2. The van der Waals surface area contributed by atoms with Crippen molar-refractivity contribution in [3.8, 4) is 0 Å². The number of nitrogens with one attached hydrogen (secondary N) is 1. The Labute approximate surface area is 113 Å². The molecule has 2 N–H and O–H groups in total. The van der Waals surface area contributed by atoms with Crippen LogP contribution in [0.5, 0.6) is 0 Å². The second-order valence-electron chi connectivity index (χ2n) is 3.73. The Balaban J connectivity index is 2.49. The molecule has 1 amide bonds. The summed E-state index contributed by atoms with van der Waals surface area (Å²) in [6.07, 6.45) is 0.275. The van der Waals surface area contributed by atoms with Crippen molar-refractivity contribution in [2.45, 2.75) is 24.3 Å². The van der Waals surface area contributed by atoms with Crippen LogP contribution in [0.1, 0.15) is 13.3 Å². The average molecular weight is 289 g/mol. The van der Waals surface area contributed by atoms with Gasteiger partial charge in [-0.15, -0.1) is 11.8 Å². The van der Waals surface area contributed by atoms with E-state index < -0.39 is 29.6 Å². The van der Waals surface area contributed by atoms with E-state index in [9.17, 15) is 18.4 Å². The fourth-order valence-electron chi connectivity index (χ4n) is 1.29. The van der Waals surface area contributed by atoms with Crippen LogP contribution in [0.15, 0.2) is 23.1 Å². The molecular weight excluding hydrogens is 276 g/mol. The number of hydrogen-bond acceptors (Lipinski definition) is 3. The molecule has 0 bridgehead atoms. The highest BCUT2D eigenvalue weighted by Gasteiger charge is 2.17. The fourth-order valence-corrected chi connectivity index (χ4v) is 2.02. The summed E-state index contributed by atoms with van der Waals surface area (Å²) in [6.45, 7) is 1.64. The van der Waals surface area contributed by atoms with Gasteiger partial charge in [-0.05, 0) is 24.6 Å². The van der Waals surface area contributed by atoms with E-state index in [1.54, 1.807) is 6.92 Å². The molecule has 1 aromatic carbocycles. The molecule has 0 radical (unpaired) electrons. The topological polar surface area (TPSA) is 66.4 Å². The lowest BCUT2D eigenvalue weighted by molar-refractivity contribution is -0.141. The third-order valence-electron chi connectivity index (χ3n) is 2.30. The highest BCUT2D eigenvalue weighted by atomic mass is 32.2. The minimum atomic E-state index is -1.10. The maximum atomic E-state index is 12.9. The van der Waals surface area contributed by atoms with Gasteiger partial charge in [-0.2, -0.15) is 0 Å². The SMILES string of the molecule is CC[C@H](NC(=O)CSc1ccc(F)c(F)c1)C(=O)O. The molecule has 1 atom stereocenters. The Morgan fingerprint density at radius 2 is 2.05 bits per heavy atom. The largest absolute Gasteiger partial charge is 0.480 e. The fraction of sp³-hybridized carbons (Fsp3) is 0.333. The van der Waals surface area contributed by atoms with Crippen LogP contribution in [0, 0.1) is 11.6 Å². The van der Waals surface area contributed by atoms with Crippen molar-refractivity contribution < 1.29 is 23.5 Å². The van der Waals surface area contributed by atoms with E-state index in [4.69, 9.17) is 5.11 Å². The van der Waals surface area contributed by atoms with Gasteiger partial charge in [-0.25, -0.2) is 13.6 Å². The van der Waals surface area contributed by atoms with Crippen LogP contribution in [0.25, 0.3) is 0 Å². The Hall–Kier alpha value is -1.63. The average Bonchev–Trinajstić information content (AvgIpc) is 2.37. The van der Waals surface area contributed by atoms with Gasteiger partial charge >= 0.3 is 5.97 Å². The van der Waals surface area contributed by atoms with Crippen LogP contribution < -0.4 is 5.32 Å². The second-order valence-corrected chi connectivity index (χ2v) is 4.78. The highest BCUT2D eigenvalue weighted by molar-refractivity contribution is 8.00. The van der Waals surface area contributed by atoms with Crippen LogP contribution in [0.4, 0.5) is 8.78 Å². The van der Waals surface area contributed by atoms with Gasteiger partial charge in [0.05, 0.1) is 5.75 Å². The molecule has 1 aromatic rings. The Morgan fingerprint density at radius 3 is 2.58 bits per heavy atom. The monoisotopic (exact) mass is 289 g/mol. The molecule has 1 rings (SSSR count). The number of hydrogen-bond donors (Lipinski definition) is 2. The number of amides is 1. The molecule has 4 nitrogen and oxygen atoms in total. The highest BCUT2D eigenvalue weighted by Crippen LogP contribution is 2.20. The van der Waals surface area contributed by atoms with Crippen molar-refractivity contribution in [2.24, 2.45) is 0 Å². The minimum Gasteiger partial charge on any atom is -0.480 e. The first-order valence-electron chi connectivity index (χ1n) is 5.54. The van der Waals surface area contributed by atoms with E-state index in [1.807, 2.05) is 0 Å². The zero-order valence-corrected chi connectivity index (χ0v) is 11.0. The molecule has 19 heavy (non-hydrogen) atoms. The quantitative estimate of drug-likeness (QED) is 0.786. The van der Waals surface area contributed by atoms with Crippen molar-refractivity contribution in [1.29, 1.82) is 0 Å². The zero-order chi connectivity index (χ0) is 14.4. The summed E-state index contributed by atoms with van der Waals surface area (Å²) in [5.74, 6) is -3.57. The number of rotatable bonds is 6. The Bertz CT molecular complexity index is 482. The molecule has 0 aliphatic heterocycles. The number of carboxylic acid groups (broad SMARTS) is 1. The molecule has 0 heterocycles. The van der Waals surface area contributed by atoms with E-state index in [0.717, 1.165) is 23.9 Å². The van der Waals surface area contributed by atoms with E-state index >= 15 is 0 Å². The summed E-state index contributed by atoms with van der Waals surface area (Å²) < 4.78 is 25.6. The van der Waals surface area contributed by atoms with Crippen molar-refractivity contribution >= 4 is 23.6 Å². The van der Waals surface area contributed by atoms with Crippen molar-refractivity contribution in [3.05, 3.63) is 29.8 Å². The second kappa shape index (κ2) is 7.08. The van der Waals surface area contributed by atoms with Gasteiger partial charge < -0.3 is 10.4 Å². The molecule has 7 heteroatoms. The maximum Gasteiger partial charge on any atom is 0.326 e. The Morgan fingerprint density at radius 1 is 1.37 bits per heavy atom. The molecule has 0 aromatic heterocycles. The first-order chi connectivity index (χ1) is 8.93. The first kappa shape index (κ1) is 15.4. The van der Waals surface area contributed by atoms with Crippen molar-refractivity contribution in [3.63, 3.8) is 0 Å². The van der Waals surface area contributed by atoms with Crippen molar-refractivity contribution in [1.82, 2.24) is 5.32 Å². The predicted molar refractivity (Wildman–Crippen MR) is 66.9 cm³/mol. The van der Waals surface area contributed by atoms with Gasteiger partial charge in [-0.3, -0.25) is 4.79 Å². The zero-order valence-electron chi connectivity index (χ0n) is 10.2. The third kappa shape index (κ3) is 4.86. The van der Waals surface area contributed by atoms with E-state index in [0.29, 0.717) is 4.90 Å². The van der Waals surface area contributed by atoms with Crippen LogP contribution in [0.3, 0.4) is 0 Å². The van der Waals surface area contributed by atoms with Gasteiger partial charge in [-0.1, -0.05) is 6.92 Å². The molecule has 0 aliphatic rings. The lowest BCUT2D eigenvalue weighted by Crippen LogP contribution is -2.41. The molecule has 0 spiro atoms. The summed E-state index contributed by atoms with van der Waals surface area (Å²) in [7, 11) is 0. The lowest BCUT2D eigenvalue weighted by atomic mass is 10.2. The summed E-state index contributed by atoms with van der Waals surface area (Å²) in [6, 6.07) is 2.38. The molecule has 0 aliphatic carbocycles. The summed E-state index contributed by atoms with van der Waals surface area (Å²) >= 11 is 1.00. The molecule has 0 saturated carbocycles. The number of carboxylic acids is 1. The van der Waals surface area contributed by atoms with E-state index in [2.05, 4.69) is 5.32 Å². The van der Waals surface area contributed by atoms with Gasteiger partial charge in [0.2, 0.25) is 5.91 Å². The normalized spacial score (nSPS) is 11.9. The lowest BCUT2D eigenvalue weighted by Gasteiger charge is -2.11. The number of carbonyl (C=O) groups is 2. The molecule has 0 unspecified atom stereocenters. The summed E-state index contributed by atoms with van der Waals surface area (Å²) in [5.41, 5.74) is 0. The third-order valence-corrected chi connectivity index (χ3v) is 3.30. The predicted octanol–water partition coefficient (Wildman–Crippen LogP) is 2.04. The number of thioether (sulfide) groups is 1. The number of benzene rings is 1. The van der Waals surface area contributed by atoms with E-state index in [1.165, 1.54) is 6.07 Å². The van der Waals surface area contributed by atoms with Crippen LogP contribution in [-0.2, 0) is 9.59 Å². The van der Waals surface area contributed by atoms with Gasteiger partial charge in [0.1, 0.15) is 6.04 Å². The van der Waals surface area contributed by atoms with Gasteiger partial charge in [0, 0.05) is 4.90 Å². The van der Waals surface area contributed by atoms with Crippen LogP contribution in [-0.4, -0.2) is 28.8 Å². The summed E-state index contributed by atoms with van der Waals surface area (Å²) in [4.78, 5) is 22.6. The van der Waals surface area contributed by atoms with Crippen molar-refractivity contribution in [2.75, 3.05) is 5.75 Å². The first-order valence-corrected chi connectivity index (χ1v) is 6.52. The maximum absolute atomic E-state index is 12.9. The molecule has 0 fully saturated rings. The molecular formula is C12H13F2NO3S. The van der Waals surface area contributed by atoms with Crippen LogP contribution in [0.2, 0.25) is 0 Å². The van der Waals surface area contributed by atoms with Gasteiger partial charge in [0.25, 0.3) is 0 Å². The van der Waals surface area contributed by atoms with Crippen LogP contribution >= 0.6 is 11.8 Å². The number of carbonyl (C=O) groups excluding carboxylic acids is 1. The number of aliphatic carboxylic acids is 1.